The highest BCUT2D eigenvalue weighted by atomic mass is 32.2. The summed E-state index contributed by atoms with van der Waals surface area (Å²) in [6.45, 7) is 5.27. The number of nitro benzene ring substituents is 1. The zero-order valence-electron chi connectivity index (χ0n) is 12.2. The molecule has 1 saturated heterocycles. The maximum absolute atomic E-state index is 12.7. The van der Waals surface area contributed by atoms with E-state index in [4.69, 9.17) is 0 Å². The van der Waals surface area contributed by atoms with Crippen LogP contribution in [-0.2, 0) is 0 Å². The minimum Gasteiger partial charge on any atom is -0.385 e. The van der Waals surface area contributed by atoms with E-state index in [9.17, 15) is 14.9 Å². The molecular weight excluding hydrogens is 290 g/mol. The van der Waals surface area contributed by atoms with Crippen LogP contribution in [0.4, 0.5) is 11.4 Å². The predicted molar refractivity (Wildman–Crippen MR) is 85.1 cm³/mol. The van der Waals surface area contributed by atoms with Gasteiger partial charge in [0, 0.05) is 48.5 Å². The summed E-state index contributed by atoms with van der Waals surface area (Å²) in [5, 5.41) is 14.0. The molecule has 0 aromatic heterocycles. The van der Waals surface area contributed by atoms with Crippen molar-refractivity contribution in [2.45, 2.75) is 19.9 Å². The van der Waals surface area contributed by atoms with Crippen LogP contribution in [0, 0.1) is 10.1 Å². The molecule has 1 aliphatic heterocycles. The Morgan fingerprint density at radius 1 is 1.57 bits per heavy atom. The Morgan fingerprint density at radius 2 is 2.33 bits per heavy atom. The second-order valence-corrected chi connectivity index (χ2v) is 6.09. The van der Waals surface area contributed by atoms with Crippen molar-refractivity contribution in [2.24, 2.45) is 0 Å². The van der Waals surface area contributed by atoms with Crippen LogP contribution >= 0.6 is 11.8 Å². The molecule has 1 aromatic carbocycles. The number of hydrogen-bond donors (Lipinski definition) is 1. The van der Waals surface area contributed by atoms with E-state index in [0.29, 0.717) is 24.3 Å². The summed E-state index contributed by atoms with van der Waals surface area (Å²) in [5.74, 6) is 1.67. The van der Waals surface area contributed by atoms with Crippen molar-refractivity contribution in [3.63, 3.8) is 0 Å². The van der Waals surface area contributed by atoms with E-state index < -0.39 is 4.92 Å². The molecule has 114 valence electrons. The molecule has 2 rings (SSSR count). The normalized spacial score (nSPS) is 18.4. The van der Waals surface area contributed by atoms with Crippen molar-refractivity contribution in [3.05, 3.63) is 33.9 Å². The number of benzene rings is 1. The number of anilines is 1. The first kappa shape index (κ1) is 15.6. The van der Waals surface area contributed by atoms with Crippen LogP contribution in [0.2, 0.25) is 0 Å². The van der Waals surface area contributed by atoms with Gasteiger partial charge in [-0.15, -0.1) is 0 Å². The van der Waals surface area contributed by atoms with Crippen LogP contribution in [0.5, 0.6) is 0 Å². The molecule has 1 amide bonds. The van der Waals surface area contributed by atoms with E-state index in [-0.39, 0.29) is 17.6 Å². The van der Waals surface area contributed by atoms with Crippen LogP contribution in [-0.4, -0.2) is 46.4 Å². The number of thioether (sulfide) groups is 1. The number of carbonyl (C=O) groups is 1. The van der Waals surface area contributed by atoms with Gasteiger partial charge < -0.3 is 10.2 Å². The molecule has 7 heteroatoms. The number of carbonyl (C=O) groups excluding carboxylic acids is 1. The standard InChI is InChI=1S/C14H19N3O3S/c1-3-15-13-5-4-11(17(19)20)8-12(13)14(18)16-6-7-21-9-10(16)2/h4-5,8,10,15H,3,6-7,9H2,1-2H3. The summed E-state index contributed by atoms with van der Waals surface area (Å²) in [5.41, 5.74) is 0.974. The van der Waals surface area contributed by atoms with E-state index in [1.807, 2.05) is 25.6 Å². The summed E-state index contributed by atoms with van der Waals surface area (Å²) >= 11 is 1.82. The third kappa shape index (κ3) is 3.47. The molecule has 21 heavy (non-hydrogen) atoms. The Hall–Kier alpha value is -1.76. The maximum Gasteiger partial charge on any atom is 0.270 e. The second-order valence-electron chi connectivity index (χ2n) is 4.94. The van der Waals surface area contributed by atoms with Crippen molar-refractivity contribution >= 4 is 29.0 Å². The van der Waals surface area contributed by atoms with Crippen LogP contribution in [0.15, 0.2) is 18.2 Å². The van der Waals surface area contributed by atoms with Crippen LogP contribution < -0.4 is 5.32 Å². The van der Waals surface area contributed by atoms with Gasteiger partial charge >= 0.3 is 0 Å². The van der Waals surface area contributed by atoms with Crippen LogP contribution in [0.1, 0.15) is 24.2 Å². The average molecular weight is 309 g/mol. The van der Waals surface area contributed by atoms with Crippen molar-refractivity contribution in [3.8, 4) is 0 Å². The molecule has 0 bridgehead atoms. The monoisotopic (exact) mass is 309 g/mol. The van der Waals surface area contributed by atoms with E-state index >= 15 is 0 Å². The second kappa shape index (κ2) is 6.80. The van der Waals surface area contributed by atoms with Gasteiger partial charge in [0.1, 0.15) is 0 Å². The lowest BCUT2D eigenvalue weighted by atomic mass is 10.1. The quantitative estimate of drug-likeness (QED) is 0.683. The Kier molecular flexibility index (Phi) is 5.06. The molecule has 1 unspecified atom stereocenters. The fourth-order valence-electron chi connectivity index (χ4n) is 2.35. The molecule has 1 aliphatic rings. The number of hydrogen-bond acceptors (Lipinski definition) is 5. The SMILES string of the molecule is CCNc1ccc([N+](=O)[O-])cc1C(=O)N1CCSCC1C. The summed E-state index contributed by atoms with van der Waals surface area (Å²) < 4.78 is 0. The van der Waals surface area contributed by atoms with Gasteiger partial charge in [0.15, 0.2) is 0 Å². The Labute approximate surface area is 128 Å². The largest absolute Gasteiger partial charge is 0.385 e. The van der Waals surface area contributed by atoms with Crippen molar-refractivity contribution in [2.75, 3.05) is 29.9 Å². The Morgan fingerprint density at radius 3 is 2.95 bits per heavy atom. The first-order valence-corrected chi connectivity index (χ1v) is 8.11. The zero-order valence-corrected chi connectivity index (χ0v) is 13.0. The molecule has 1 heterocycles. The first-order valence-electron chi connectivity index (χ1n) is 6.95. The molecule has 1 fully saturated rings. The fraction of sp³-hybridized carbons (Fsp3) is 0.500. The number of nitrogens with one attached hydrogen (secondary N) is 1. The highest BCUT2D eigenvalue weighted by Crippen LogP contribution is 2.26. The molecule has 1 aromatic rings. The molecule has 0 spiro atoms. The summed E-state index contributed by atoms with van der Waals surface area (Å²) in [4.78, 5) is 25.0. The highest BCUT2D eigenvalue weighted by Gasteiger charge is 2.27. The number of amides is 1. The van der Waals surface area contributed by atoms with Crippen LogP contribution in [0.3, 0.4) is 0 Å². The highest BCUT2D eigenvalue weighted by molar-refractivity contribution is 7.99. The lowest BCUT2D eigenvalue weighted by Gasteiger charge is -2.33. The van der Waals surface area contributed by atoms with E-state index in [2.05, 4.69) is 5.32 Å². The smallest absolute Gasteiger partial charge is 0.270 e. The topological polar surface area (TPSA) is 75.5 Å². The van der Waals surface area contributed by atoms with Gasteiger partial charge in [0.05, 0.1) is 10.5 Å². The number of nitrogens with zero attached hydrogens (tertiary/aromatic N) is 2. The minimum atomic E-state index is -0.470. The van der Waals surface area contributed by atoms with Crippen molar-refractivity contribution < 1.29 is 9.72 Å². The van der Waals surface area contributed by atoms with Gasteiger partial charge in [-0.25, -0.2) is 0 Å². The molecule has 1 atom stereocenters. The van der Waals surface area contributed by atoms with Gasteiger partial charge in [-0.2, -0.15) is 11.8 Å². The number of nitro groups is 1. The number of rotatable bonds is 4. The summed E-state index contributed by atoms with van der Waals surface area (Å²) in [6.07, 6.45) is 0. The Balaban J connectivity index is 2.36. The lowest BCUT2D eigenvalue weighted by Crippen LogP contribution is -2.44. The molecule has 1 N–H and O–H groups in total. The summed E-state index contributed by atoms with van der Waals surface area (Å²) in [7, 11) is 0. The zero-order chi connectivity index (χ0) is 15.4. The summed E-state index contributed by atoms with van der Waals surface area (Å²) in [6, 6.07) is 4.54. The van der Waals surface area contributed by atoms with Crippen molar-refractivity contribution in [1.29, 1.82) is 0 Å². The van der Waals surface area contributed by atoms with Gasteiger partial charge in [0.25, 0.3) is 11.6 Å². The van der Waals surface area contributed by atoms with Gasteiger partial charge in [-0.1, -0.05) is 0 Å². The first-order chi connectivity index (χ1) is 10.0. The van der Waals surface area contributed by atoms with Crippen molar-refractivity contribution in [1.82, 2.24) is 4.90 Å². The van der Waals surface area contributed by atoms with E-state index in [1.54, 1.807) is 11.0 Å². The molecule has 6 nitrogen and oxygen atoms in total. The molecular formula is C14H19N3O3S. The third-order valence-electron chi connectivity index (χ3n) is 3.44. The molecule has 0 radical (unpaired) electrons. The lowest BCUT2D eigenvalue weighted by molar-refractivity contribution is -0.384. The Bertz CT molecular complexity index is 550. The minimum absolute atomic E-state index is 0.0564. The number of non-ortho nitro benzene ring substituents is 1. The fourth-order valence-corrected chi connectivity index (χ4v) is 3.36. The van der Waals surface area contributed by atoms with Gasteiger partial charge in [-0.05, 0) is 19.9 Å². The van der Waals surface area contributed by atoms with Gasteiger partial charge in [-0.3, -0.25) is 14.9 Å². The average Bonchev–Trinajstić information content (AvgIpc) is 2.47. The maximum atomic E-state index is 12.7. The molecule has 0 aliphatic carbocycles. The third-order valence-corrected chi connectivity index (χ3v) is 4.63. The molecule has 0 saturated carbocycles. The predicted octanol–water partition coefficient (Wildman–Crippen LogP) is 2.60. The van der Waals surface area contributed by atoms with E-state index in [1.165, 1.54) is 12.1 Å². The van der Waals surface area contributed by atoms with Gasteiger partial charge in [0.2, 0.25) is 0 Å². The van der Waals surface area contributed by atoms with Crippen LogP contribution in [0.25, 0.3) is 0 Å². The van der Waals surface area contributed by atoms with E-state index in [0.717, 1.165) is 11.5 Å².